The zero-order valence-corrected chi connectivity index (χ0v) is 15.4. The Morgan fingerprint density at radius 2 is 2.00 bits per heavy atom. The van der Waals surface area contributed by atoms with E-state index in [1.165, 1.54) is 0 Å². The molecule has 138 valence electrons. The van der Waals surface area contributed by atoms with Crippen molar-refractivity contribution in [3.8, 4) is 11.5 Å². The average molecular weight is 354 g/mol. The molecule has 0 bridgehead atoms. The fourth-order valence-corrected chi connectivity index (χ4v) is 3.20. The molecule has 1 heterocycles. The van der Waals surface area contributed by atoms with Crippen molar-refractivity contribution < 1.29 is 14.3 Å². The third kappa shape index (κ3) is 4.76. The van der Waals surface area contributed by atoms with Crippen LogP contribution in [-0.4, -0.2) is 37.6 Å². The molecule has 0 saturated heterocycles. The molecule has 1 aliphatic rings. The molecule has 5 nitrogen and oxygen atoms in total. The molecule has 2 aromatic carbocycles. The number of hydrogen-bond donors (Lipinski definition) is 1. The lowest BCUT2D eigenvalue weighted by atomic mass is 10.0. The molecule has 5 heteroatoms. The van der Waals surface area contributed by atoms with Gasteiger partial charge in [0.15, 0.2) is 0 Å². The average Bonchev–Trinajstić information content (AvgIpc) is 2.64. The standard InChI is InChI=1S/C21H26N2O3/c1-3-25-17-10-8-16(9-11-17)14-23(2)15-21(24)22-19-12-13-26-20-7-5-4-6-18(19)20/h4-11,19H,3,12-15H2,1-2H3,(H,22,24). The lowest BCUT2D eigenvalue weighted by molar-refractivity contribution is -0.123. The van der Waals surface area contributed by atoms with Gasteiger partial charge in [0.25, 0.3) is 0 Å². The number of para-hydroxylation sites is 1. The maximum atomic E-state index is 12.4. The first-order chi connectivity index (χ1) is 12.7. The van der Waals surface area contributed by atoms with Gasteiger partial charge in [0, 0.05) is 18.5 Å². The number of likely N-dealkylation sites (N-methyl/N-ethyl adjacent to an activating group) is 1. The Morgan fingerprint density at radius 1 is 1.23 bits per heavy atom. The number of rotatable bonds is 7. The fraction of sp³-hybridized carbons (Fsp3) is 0.381. The minimum absolute atomic E-state index is 0.0197. The number of nitrogens with one attached hydrogen (secondary N) is 1. The topological polar surface area (TPSA) is 50.8 Å². The molecule has 1 N–H and O–H groups in total. The molecule has 1 unspecified atom stereocenters. The molecule has 0 spiro atoms. The molecule has 3 rings (SSSR count). The normalized spacial score (nSPS) is 15.9. The van der Waals surface area contributed by atoms with Crippen LogP contribution >= 0.6 is 0 Å². The molecule has 0 saturated carbocycles. The number of nitrogens with zero attached hydrogens (tertiary/aromatic N) is 1. The van der Waals surface area contributed by atoms with Crippen LogP contribution in [0.5, 0.6) is 11.5 Å². The van der Waals surface area contributed by atoms with E-state index in [0.29, 0.717) is 26.3 Å². The van der Waals surface area contributed by atoms with E-state index < -0.39 is 0 Å². The van der Waals surface area contributed by atoms with Gasteiger partial charge in [0.1, 0.15) is 11.5 Å². The van der Waals surface area contributed by atoms with Gasteiger partial charge in [-0.25, -0.2) is 0 Å². The van der Waals surface area contributed by atoms with Gasteiger partial charge >= 0.3 is 0 Å². The second kappa shape index (κ2) is 8.72. The summed E-state index contributed by atoms with van der Waals surface area (Å²) >= 11 is 0. The molecule has 0 aliphatic carbocycles. The third-order valence-corrected chi connectivity index (χ3v) is 4.39. The second-order valence-corrected chi connectivity index (χ2v) is 6.54. The van der Waals surface area contributed by atoms with Crippen LogP contribution in [0.15, 0.2) is 48.5 Å². The lowest BCUT2D eigenvalue weighted by Gasteiger charge is -2.27. The van der Waals surface area contributed by atoms with Crippen LogP contribution in [0.3, 0.4) is 0 Å². The fourth-order valence-electron chi connectivity index (χ4n) is 3.20. The second-order valence-electron chi connectivity index (χ2n) is 6.54. The quantitative estimate of drug-likeness (QED) is 0.830. The number of amides is 1. The maximum absolute atomic E-state index is 12.4. The summed E-state index contributed by atoms with van der Waals surface area (Å²) in [7, 11) is 1.95. The minimum atomic E-state index is 0.0197. The van der Waals surface area contributed by atoms with Crippen molar-refractivity contribution in [3.63, 3.8) is 0 Å². The Bertz CT molecular complexity index is 730. The van der Waals surface area contributed by atoms with E-state index in [0.717, 1.165) is 29.0 Å². The van der Waals surface area contributed by atoms with Gasteiger partial charge in [0.2, 0.25) is 5.91 Å². The van der Waals surface area contributed by atoms with Crippen molar-refractivity contribution in [2.24, 2.45) is 0 Å². The summed E-state index contributed by atoms with van der Waals surface area (Å²) in [5.74, 6) is 1.77. The van der Waals surface area contributed by atoms with Crippen LogP contribution in [0.4, 0.5) is 0 Å². The number of benzene rings is 2. The van der Waals surface area contributed by atoms with E-state index in [9.17, 15) is 4.79 Å². The van der Waals surface area contributed by atoms with Crippen molar-refractivity contribution in [3.05, 3.63) is 59.7 Å². The van der Waals surface area contributed by atoms with Gasteiger partial charge in [-0.3, -0.25) is 9.69 Å². The highest BCUT2D eigenvalue weighted by molar-refractivity contribution is 5.78. The highest BCUT2D eigenvalue weighted by atomic mass is 16.5. The SMILES string of the molecule is CCOc1ccc(CN(C)CC(=O)NC2CCOc3ccccc32)cc1. The molecule has 1 amide bonds. The van der Waals surface area contributed by atoms with Crippen molar-refractivity contribution in [2.45, 2.75) is 25.9 Å². The summed E-state index contributed by atoms with van der Waals surface area (Å²) in [4.78, 5) is 14.5. The number of ether oxygens (including phenoxy) is 2. The van der Waals surface area contributed by atoms with E-state index in [1.54, 1.807) is 0 Å². The molecule has 0 aromatic heterocycles. The molecular weight excluding hydrogens is 328 g/mol. The summed E-state index contributed by atoms with van der Waals surface area (Å²) < 4.78 is 11.1. The number of hydrogen-bond acceptors (Lipinski definition) is 4. The Labute approximate surface area is 154 Å². The molecule has 1 atom stereocenters. The summed E-state index contributed by atoms with van der Waals surface area (Å²) in [5.41, 5.74) is 2.21. The summed E-state index contributed by atoms with van der Waals surface area (Å²) in [6.07, 6.45) is 0.797. The van der Waals surface area contributed by atoms with Crippen LogP contribution in [-0.2, 0) is 11.3 Å². The van der Waals surface area contributed by atoms with Gasteiger partial charge in [0.05, 0.1) is 25.8 Å². The summed E-state index contributed by atoms with van der Waals surface area (Å²) in [5, 5.41) is 3.14. The maximum Gasteiger partial charge on any atom is 0.234 e. The minimum Gasteiger partial charge on any atom is -0.494 e. The molecule has 2 aromatic rings. The number of fused-ring (bicyclic) bond motifs is 1. The van der Waals surface area contributed by atoms with Gasteiger partial charge < -0.3 is 14.8 Å². The van der Waals surface area contributed by atoms with Crippen molar-refractivity contribution in [1.29, 1.82) is 0 Å². The van der Waals surface area contributed by atoms with E-state index >= 15 is 0 Å². The van der Waals surface area contributed by atoms with Crippen LogP contribution in [0.1, 0.15) is 30.5 Å². The Balaban J connectivity index is 1.52. The van der Waals surface area contributed by atoms with E-state index in [1.807, 2.05) is 67.4 Å². The zero-order valence-electron chi connectivity index (χ0n) is 15.4. The first-order valence-electron chi connectivity index (χ1n) is 9.07. The van der Waals surface area contributed by atoms with Crippen LogP contribution < -0.4 is 14.8 Å². The van der Waals surface area contributed by atoms with Crippen molar-refractivity contribution in [1.82, 2.24) is 10.2 Å². The molecule has 26 heavy (non-hydrogen) atoms. The summed E-state index contributed by atoms with van der Waals surface area (Å²) in [6, 6.07) is 15.9. The van der Waals surface area contributed by atoms with E-state index in [2.05, 4.69) is 5.32 Å². The smallest absolute Gasteiger partial charge is 0.234 e. The first kappa shape index (κ1) is 18.3. The monoisotopic (exact) mass is 354 g/mol. The van der Waals surface area contributed by atoms with Gasteiger partial charge in [-0.05, 0) is 37.7 Å². The Hall–Kier alpha value is -2.53. The number of carbonyl (C=O) groups excluding carboxylic acids is 1. The van der Waals surface area contributed by atoms with E-state index in [-0.39, 0.29) is 11.9 Å². The summed E-state index contributed by atoms with van der Waals surface area (Å²) in [6.45, 7) is 4.33. The Kier molecular flexibility index (Phi) is 6.12. The molecular formula is C21H26N2O3. The van der Waals surface area contributed by atoms with Gasteiger partial charge in [-0.1, -0.05) is 30.3 Å². The number of carbonyl (C=O) groups is 1. The van der Waals surface area contributed by atoms with Crippen LogP contribution in [0.2, 0.25) is 0 Å². The molecule has 0 radical (unpaired) electrons. The van der Waals surface area contributed by atoms with Crippen molar-refractivity contribution >= 4 is 5.91 Å². The van der Waals surface area contributed by atoms with E-state index in [4.69, 9.17) is 9.47 Å². The highest BCUT2D eigenvalue weighted by Crippen LogP contribution is 2.31. The van der Waals surface area contributed by atoms with Gasteiger partial charge in [-0.2, -0.15) is 0 Å². The van der Waals surface area contributed by atoms with Crippen molar-refractivity contribution in [2.75, 3.05) is 26.8 Å². The largest absolute Gasteiger partial charge is 0.494 e. The molecule has 0 fully saturated rings. The van der Waals surface area contributed by atoms with Crippen LogP contribution in [0.25, 0.3) is 0 Å². The van der Waals surface area contributed by atoms with Crippen LogP contribution in [0, 0.1) is 0 Å². The Morgan fingerprint density at radius 3 is 2.77 bits per heavy atom. The lowest BCUT2D eigenvalue weighted by Crippen LogP contribution is -2.38. The van der Waals surface area contributed by atoms with Gasteiger partial charge in [-0.15, -0.1) is 0 Å². The zero-order chi connectivity index (χ0) is 18.4. The predicted molar refractivity (Wildman–Crippen MR) is 101 cm³/mol. The predicted octanol–water partition coefficient (Wildman–Crippen LogP) is 3.16. The molecule has 1 aliphatic heterocycles. The first-order valence-corrected chi connectivity index (χ1v) is 9.07. The highest BCUT2D eigenvalue weighted by Gasteiger charge is 2.22. The third-order valence-electron chi connectivity index (χ3n) is 4.39.